The van der Waals surface area contributed by atoms with Crippen LogP contribution in [0.4, 0.5) is 8.78 Å². The SMILES string of the molecule is CC(C)CCN1C(=O)C(C)NC1c1ccc(F)c(F)c1. The normalized spacial score (nSPS) is 22.9. The first-order valence-electron chi connectivity index (χ1n) is 6.91. The van der Waals surface area contributed by atoms with E-state index in [9.17, 15) is 13.6 Å². The summed E-state index contributed by atoms with van der Waals surface area (Å²) in [4.78, 5) is 13.9. The van der Waals surface area contributed by atoms with Crippen molar-refractivity contribution in [1.82, 2.24) is 10.2 Å². The summed E-state index contributed by atoms with van der Waals surface area (Å²) < 4.78 is 26.4. The fraction of sp³-hybridized carbons (Fsp3) is 0.533. The third kappa shape index (κ3) is 2.98. The molecule has 0 saturated carbocycles. The lowest BCUT2D eigenvalue weighted by Crippen LogP contribution is -2.32. The number of hydrogen-bond acceptors (Lipinski definition) is 2. The van der Waals surface area contributed by atoms with Crippen LogP contribution >= 0.6 is 0 Å². The van der Waals surface area contributed by atoms with Crippen molar-refractivity contribution in [1.29, 1.82) is 0 Å². The van der Waals surface area contributed by atoms with Gasteiger partial charge in [-0.1, -0.05) is 19.9 Å². The first kappa shape index (κ1) is 14.9. The van der Waals surface area contributed by atoms with Gasteiger partial charge in [0.2, 0.25) is 5.91 Å². The molecular formula is C15H20F2N2O. The number of carbonyl (C=O) groups excluding carboxylic acids is 1. The highest BCUT2D eigenvalue weighted by atomic mass is 19.2. The number of nitrogens with zero attached hydrogens (tertiary/aromatic N) is 1. The maximum absolute atomic E-state index is 13.4. The standard InChI is InChI=1S/C15H20F2N2O/c1-9(2)6-7-19-14(18-10(3)15(19)20)11-4-5-12(16)13(17)8-11/h4-5,8-10,14,18H,6-7H2,1-3H3. The number of nitrogens with one attached hydrogen (secondary N) is 1. The van der Waals surface area contributed by atoms with Gasteiger partial charge < -0.3 is 4.90 Å². The van der Waals surface area contributed by atoms with E-state index < -0.39 is 11.6 Å². The molecule has 1 aliphatic heterocycles. The van der Waals surface area contributed by atoms with Crippen LogP contribution in [-0.2, 0) is 4.79 Å². The number of carbonyl (C=O) groups is 1. The molecule has 2 unspecified atom stereocenters. The van der Waals surface area contributed by atoms with E-state index in [0.29, 0.717) is 18.0 Å². The monoisotopic (exact) mass is 282 g/mol. The van der Waals surface area contributed by atoms with E-state index in [0.717, 1.165) is 18.6 Å². The van der Waals surface area contributed by atoms with Crippen LogP contribution in [0.1, 0.15) is 38.9 Å². The molecule has 1 aromatic carbocycles. The summed E-state index contributed by atoms with van der Waals surface area (Å²) in [5.74, 6) is -1.29. The third-order valence-corrected chi connectivity index (χ3v) is 3.58. The minimum absolute atomic E-state index is 0.000355. The average Bonchev–Trinajstić information content (AvgIpc) is 2.67. The predicted octanol–water partition coefficient (Wildman–Crippen LogP) is 2.83. The Labute approximate surface area is 118 Å². The zero-order chi connectivity index (χ0) is 14.9. The van der Waals surface area contributed by atoms with Crippen molar-refractivity contribution in [2.75, 3.05) is 6.54 Å². The second-order valence-electron chi connectivity index (χ2n) is 5.68. The first-order chi connectivity index (χ1) is 9.40. The molecule has 0 radical (unpaired) electrons. The van der Waals surface area contributed by atoms with Crippen molar-refractivity contribution in [3.8, 4) is 0 Å². The lowest BCUT2D eigenvalue weighted by Gasteiger charge is -2.25. The molecule has 1 aliphatic rings. The molecule has 5 heteroatoms. The highest BCUT2D eigenvalue weighted by Gasteiger charge is 2.36. The lowest BCUT2D eigenvalue weighted by atomic mass is 10.1. The Bertz CT molecular complexity index is 505. The van der Waals surface area contributed by atoms with Crippen LogP contribution in [0.25, 0.3) is 0 Å². The highest BCUT2D eigenvalue weighted by molar-refractivity contribution is 5.84. The molecule has 0 bridgehead atoms. The molecule has 110 valence electrons. The van der Waals surface area contributed by atoms with Gasteiger partial charge in [0, 0.05) is 6.54 Å². The van der Waals surface area contributed by atoms with E-state index in [2.05, 4.69) is 19.2 Å². The molecular weight excluding hydrogens is 262 g/mol. The van der Waals surface area contributed by atoms with Crippen molar-refractivity contribution in [2.45, 2.75) is 39.4 Å². The molecule has 2 rings (SSSR count). The second-order valence-corrected chi connectivity index (χ2v) is 5.68. The van der Waals surface area contributed by atoms with E-state index in [4.69, 9.17) is 0 Å². The summed E-state index contributed by atoms with van der Waals surface area (Å²) in [7, 11) is 0. The summed E-state index contributed by atoms with van der Waals surface area (Å²) in [6, 6.07) is 3.46. The van der Waals surface area contributed by atoms with Crippen LogP contribution in [0.3, 0.4) is 0 Å². The number of benzene rings is 1. The fourth-order valence-electron chi connectivity index (χ4n) is 2.37. The van der Waals surface area contributed by atoms with Crippen molar-refractivity contribution >= 4 is 5.91 Å². The van der Waals surface area contributed by atoms with Crippen LogP contribution in [0, 0.1) is 17.6 Å². The molecule has 1 heterocycles. The topological polar surface area (TPSA) is 32.3 Å². The van der Waals surface area contributed by atoms with Gasteiger partial charge in [-0.05, 0) is 37.0 Å². The fourth-order valence-corrected chi connectivity index (χ4v) is 2.37. The van der Waals surface area contributed by atoms with Gasteiger partial charge >= 0.3 is 0 Å². The van der Waals surface area contributed by atoms with Crippen LogP contribution in [0.5, 0.6) is 0 Å². The molecule has 0 aliphatic carbocycles. The minimum atomic E-state index is -0.889. The molecule has 20 heavy (non-hydrogen) atoms. The molecule has 2 atom stereocenters. The molecule has 0 aromatic heterocycles. The highest BCUT2D eigenvalue weighted by Crippen LogP contribution is 2.27. The Kier molecular flexibility index (Phi) is 4.38. The van der Waals surface area contributed by atoms with E-state index in [1.54, 1.807) is 11.8 Å². The average molecular weight is 282 g/mol. The van der Waals surface area contributed by atoms with Crippen molar-refractivity contribution in [3.05, 3.63) is 35.4 Å². The summed E-state index contributed by atoms with van der Waals surface area (Å²) in [5.41, 5.74) is 0.574. The zero-order valence-electron chi connectivity index (χ0n) is 12.0. The molecule has 0 spiro atoms. The molecule has 3 nitrogen and oxygen atoms in total. The van der Waals surface area contributed by atoms with Crippen LogP contribution in [0.15, 0.2) is 18.2 Å². The Hall–Kier alpha value is -1.49. The second kappa shape index (κ2) is 5.87. The van der Waals surface area contributed by atoms with Gasteiger partial charge in [-0.25, -0.2) is 8.78 Å². The van der Waals surface area contributed by atoms with Gasteiger partial charge in [0.1, 0.15) is 6.17 Å². The first-order valence-corrected chi connectivity index (χ1v) is 6.91. The predicted molar refractivity (Wildman–Crippen MR) is 72.9 cm³/mol. The zero-order valence-corrected chi connectivity index (χ0v) is 12.0. The minimum Gasteiger partial charge on any atom is -0.322 e. The van der Waals surface area contributed by atoms with E-state index >= 15 is 0 Å². The van der Waals surface area contributed by atoms with Gasteiger partial charge in [0.15, 0.2) is 11.6 Å². The van der Waals surface area contributed by atoms with Gasteiger partial charge in [-0.3, -0.25) is 10.1 Å². The Balaban J connectivity index is 2.23. The third-order valence-electron chi connectivity index (χ3n) is 3.58. The molecule has 1 N–H and O–H groups in total. The molecule has 1 saturated heterocycles. The Morgan fingerprint density at radius 2 is 2.00 bits per heavy atom. The van der Waals surface area contributed by atoms with E-state index in [1.807, 2.05) is 0 Å². The smallest absolute Gasteiger partial charge is 0.241 e. The van der Waals surface area contributed by atoms with Crippen LogP contribution < -0.4 is 5.32 Å². The maximum Gasteiger partial charge on any atom is 0.241 e. The molecule has 1 fully saturated rings. The summed E-state index contributed by atoms with van der Waals surface area (Å²) in [6.45, 7) is 6.57. The van der Waals surface area contributed by atoms with Crippen molar-refractivity contribution in [2.24, 2.45) is 5.92 Å². The number of halogens is 2. The summed E-state index contributed by atoms with van der Waals surface area (Å²) in [5, 5.41) is 3.13. The van der Waals surface area contributed by atoms with Crippen LogP contribution in [0.2, 0.25) is 0 Å². The van der Waals surface area contributed by atoms with E-state index in [1.165, 1.54) is 6.07 Å². The Morgan fingerprint density at radius 1 is 1.30 bits per heavy atom. The largest absolute Gasteiger partial charge is 0.322 e. The number of amides is 1. The number of hydrogen-bond donors (Lipinski definition) is 1. The number of rotatable bonds is 4. The van der Waals surface area contributed by atoms with Gasteiger partial charge in [0.05, 0.1) is 6.04 Å². The quantitative estimate of drug-likeness (QED) is 0.921. The van der Waals surface area contributed by atoms with Crippen molar-refractivity contribution in [3.63, 3.8) is 0 Å². The van der Waals surface area contributed by atoms with Gasteiger partial charge in [-0.15, -0.1) is 0 Å². The maximum atomic E-state index is 13.4. The van der Waals surface area contributed by atoms with E-state index in [-0.39, 0.29) is 18.1 Å². The summed E-state index contributed by atoms with van der Waals surface area (Å²) in [6.07, 6.45) is 0.492. The lowest BCUT2D eigenvalue weighted by molar-refractivity contribution is -0.130. The Morgan fingerprint density at radius 3 is 2.60 bits per heavy atom. The van der Waals surface area contributed by atoms with Crippen LogP contribution in [-0.4, -0.2) is 23.4 Å². The van der Waals surface area contributed by atoms with Gasteiger partial charge in [-0.2, -0.15) is 0 Å². The van der Waals surface area contributed by atoms with Crippen molar-refractivity contribution < 1.29 is 13.6 Å². The summed E-state index contributed by atoms with van der Waals surface area (Å²) >= 11 is 0. The molecule has 1 amide bonds. The van der Waals surface area contributed by atoms with Gasteiger partial charge in [0.25, 0.3) is 0 Å². The molecule has 1 aromatic rings.